The van der Waals surface area contributed by atoms with E-state index in [1.54, 1.807) is 30.5 Å². The van der Waals surface area contributed by atoms with Crippen LogP contribution in [0.15, 0.2) is 71.8 Å². The minimum Gasteiger partial charge on any atom is -0.321 e. The highest BCUT2D eigenvalue weighted by atomic mass is 35.5. The zero-order valence-electron chi connectivity index (χ0n) is 13.8. The van der Waals surface area contributed by atoms with Gasteiger partial charge in [0, 0.05) is 28.6 Å². The van der Waals surface area contributed by atoms with Gasteiger partial charge in [0.15, 0.2) is 9.84 Å². The van der Waals surface area contributed by atoms with Gasteiger partial charge in [-0.1, -0.05) is 29.8 Å². The normalized spacial score (nSPS) is 11.2. The van der Waals surface area contributed by atoms with E-state index in [2.05, 4.69) is 10.3 Å². The molecule has 0 saturated carbocycles. The van der Waals surface area contributed by atoms with E-state index >= 15 is 0 Å². The van der Waals surface area contributed by atoms with Crippen LogP contribution in [-0.2, 0) is 9.84 Å². The van der Waals surface area contributed by atoms with Crippen molar-refractivity contribution in [2.45, 2.75) is 4.90 Å². The Balaban J connectivity index is 1.89. The number of rotatable bonds is 4. The van der Waals surface area contributed by atoms with Crippen LogP contribution in [0.2, 0.25) is 5.02 Å². The van der Waals surface area contributed by atoms with Crippen molar-refractivity contribution in [2.75, 3.05) is 11.6 Å². The molecule has 7 heteroatoms. The van der Waals surface area contributed by atoms with Crippen LogP contribution < -0.4 is 5.32 Å². The van der Waals surface area contributed by atoms with Crippen molar-refractivity contribution in [3.05, 3.63) is 77.4 Å². The van der Waals surface area contributed by atoms with Crippen molar-refractivity contribution in [3.8, 4) is 11.3 Å². The van der Waals surface area contributed by atoms with Crippen molar-refractivity contribution < 1.29 is 13.2 Å². The summed E-state index contributed by atoms with van der Waals surface area (Å²) in [6.07, 6.45) is 2.72. The maximum Gasteiger partial charge on any atom is 0.255 e. The van der Waals surface area contributed by atoms with Crippen LogP contribution in [0.25, 0.3) is 11.3 Å². The molecule has 26 heavy (non-hydrogen) atoms. The van der Waals surface area contributed by atoms with E-state index in [0.717, 1.165) is 11.8 Å². The first-order valence-corrected chi connectivity index (χ1v) is 9.94. The number of nitrogens with one attached hydrogen (secondary N) is 1. The van der Waals surface area contributed by atoms with Gasteiger partial charge in [-0.2, -0.15) is 0 Å². The predicted molar refractivity (Wildman–Crippen MR) is 102 cm³/mol. The van der Waals surface area contributed by atoms with E-state index < -0.39 is 9.84 Å². The Labute approximate surface area is 156 Å². The first kappa shape index (κ1) is 18.1. The molecule has 0 saturated heterocycles. The SMILES string of the molecule is CS(=O)(=O)c1ccc(C(=O)Nc2ccccc2-c2cc(Cl)ccn2)cc1. The molecule has 3 aromatic rings. The Bertz CT molecular complexity index is 1060. The number of hydrogen-bond donors (Lipinski definition) is 1. The summed E-state index contributed by atoms with van der Waals surface area (Å²) in [4.78, 5) is 17.0. The van der Waals surface area contributed by atoms with Gasteiger partial charge in [0.05, 0.1) is 16.3 Å². The second-order valence-electron chi connectivity index (χ2n) is 5.66. The van der Waals surface area contributed by atoms with Crippen molar-refractivity contribution in [2.24, 2.45) is 0 Å². The molecule has 0 aliphatic carbocycles. The maximum atomic E-state index is 12.5. The lowest BCUT2D eigenvalue weighted by Crippen LogP contribution is -2.13. The van der Waals surface area contributed by atoms with E-state index in [1.807, 2.05) is 12.1 Å². The predicted octanol–water partition coefficient (Wildman–Crippen LogP) is 4.06. The number of aromatic nitrogens is 1. The van der Waals surface area contributed by atoms with Gasteiger partial charge in [-0.25, -0.2) is 8.42 Å². The van der Waals surface area contributed by atoms with Crippen LogP contribution in [0.3, 0.4) is 0 Å². The summed E-state index contributed by atoms with van der Waals surface area (Å²) in [5, 5.41) is 3.38. The molecule has 0 aliphatic rings. The third kappa shape index (κ3) is 4.09. The number of hydrogen-bond acceptors (Lipinski definition) is 4. The number of amides is 1. The van der Waals surface area contributed by atoms with Crippen LogP contribution in [-0.4, -0.2) is 25.6 Å². The van der Waals surface area contributed by atoms with Crippen molar-refractivity contribution in [1.82, 2.24) is 4.98 Å². The number of benzene rings is 2. The topological polar surface area (TPSA) is 76.1 Å². The van der Waals surface area contributed by atoms with Gasteiger partial charge < -0.3 is 5.32 Å². The molecule has 0 bridgehead atoms. The van der Waals surface area contributed by atoms with E-state index in [0.29, 0.717) is 22.0 Å². The molecular weight excluding hydrogens is 372 g/mol. The summed E-state index contributed by atoms with van der Waals surface area (Å²) in [6, 6.07) is 16.4. The van der Waals surface area contributed by atoms with E-state index in [1.165, 1.54) is 24.3 Å². The van der Waals surface area contributed by atoms with Gasteiger partial charge in [0.2, 0.25) is 0 Å². The average Bonchev–Trinajstić information content (AvgIpc) is 2.61. The summed E-state index contributed by atoms with van der Waals surface area (Å²) < 4.78 is 23.0. The van der Waals surface area contributed by atoms with Crippen LogP contribution in [0.4, 0.5) is 5.69 Å². The molecule has 1 aromatic heterocycles. The second-order valence-corrected chi connectivity index (χ2v) is 8.11. The van der Waals surface area contributed by atoms with Gasteiger partial charge in [-0.05, 0) is 42.5 Å². The van der Waals surface area contributed by atoms with Crippen molar-refractivity contribution in [1.29, 1.82) is 0 Å². The summed E-state index contributed by atoms with van der Waals surface area (Å²) in [7, 11) is -3.30. The fraction of sp³-hybridized carbons (Fsp3) is 0.0526. The monoisotopic (exact) mass is 386 g/mol. The molecule has 132 valence electrons. The lowest BCUT2D eigenvalue weighted by Gasteiger charge is -2.11. The highest BCUT2D eigenvalue weighted by Gasteiger charge is 2.13. The Morgan fingerprint density at radius 1 is 1.04 bits per heavy atom. The number of carbonyl (C=O) groups is 1. The number of sulfone groups is 1. The zero-order chi connectivity index (χ0) is 18.7. The molecule has 2 aromatic carbocycles. The minimum atomic E-state index is -3.30. The Hall–Kier alpha value is -2.70. The molecule has 1 heterocycles. The summed E-state index contributed by atoms with van der Waals surface area (Å²) in [5.74, 6) is -0.348. The molecule has 0 atom stereocenters. The van der Waals surface area contributed by atoms with Crippen LogP contribution in [0, 0.1) is 0 Å². The largest absolute Gasteiger partial charge is 0.321 e. The minimum absolute atomic E-state index is 0.164. The molecule has 0 radical (unpaired) electrons. The van der Waals surface area contributed by atoms with Crippen molar-refractivity contribution in [3.63, 3.8) is 0 Å². The molecule has 1 N–H and O–H groups in total. The Morgan fingerprint density at radius 3 is 2.38 bits per heavy atom. The number of anilines is 1. The molecule has 0 fully saturated rings. The first-order valence-electron chi connectivity index (χ1n) is 7.67. The van der Waals surface area contributed by atoms with Gasteiger partial charge >= 0.3 is 0 Å². The lowest BCUT2D eigenvalue weighted by atomic mass is 10.1. The highest BCUT2D eigenvalue weighted by molar-refractivity contribution is 7.90. The quantitative estimate of drug-likeness (QED) is 0.733. The first-order chi connectivity index (χ1) is 12.3. The fourth-order valence-corrected chi connectivity index (χ4v) is 3.21. The van der Waals surface area contributed by atoms with Crippen LogP contribution >= 0.6 is 11.6 Å². The smallest absolute Gasteiger partial charge is 0.255 e. The van der Waals surface area contributed by atoms with Gasteiger partial charge in [-0.3, -0.25) is 9.78 Å². The maximum absolute atomic E-state index is 12.5. The molecule has 5 nitrogen and oxygen atoms in total. The number of para-hydroxylation sites is 1. The Kier molecular flexibility index (Phi) is 5.06. The van der Waals surface area contributed by atoms with Crippen molar-refractivity contribution >= 4 is 33.0 Å². The van der Waals surface area contributed by atoms with E-state index in [-0.39, 0.29) is 10.8 Å². The molecule has 3 rings (SSSR count). The second kappa shape index (κ2) is 7.27. The average molecular weight is 387 g/mol. The van der Waals surface area contributed by atoms with Gasteiger partial charge in [0.1, 0.15) is 0 Å². The standard InChI is InChI=1S/C19H15ClN2O3S/c1-26(24,25)15-8-6-13(7-9-15)19(23)22-17-5-3-2-4-16(17)18-12-14(20)10-11-21-18/h2-12H,1H3,(H,22,23). The fourth-order valence-electron chi connectivity index (χ4n) is 2.42. The third-order valence-corrected chi connectivity index (χ3v) is 5.08. The van der Waals surface area contributed by atoms with E-state index in [4.69, 9.17) is 11.6 Å². The molecule has 1 amide bonds. The summed E-state index contributed by atoms with van der Waals surface area (Å²) >= 11 is 6.02. The third-order valence-electron chi connectivity index (χ3n) is 3.72. The lowest BCUT2D eigenvalue weighted by molar-refractivity contribution is 0.102. The molecule has 0 spiro atoms. The summed E-state index contributed by atoms with van der Waals surface area (Å²) in [6.45, 7) is 0. The van der Waals surface area contributed by atoms with Crippen LogP contribution in [0.5, 0.6) is 0 Å². The molecular formula is C19H15ClN2O3S. The number of nitrogens with zero attached hydrogens (tertiary/aromatic N) is 1. The molecule has 0 aliphatic heterocycles. The van der Waals surface area contributed by atoms with Gasteiger partial charge in [-0.15, -0.1) is 0 Å². The number of pyridine rings is 1. The zero-order valence-corrected chi connectivity index (χ0v) is 15.4. The van der Waals surface area contributed by atoms with E-state index in [9.17, 15) is 13.2 Å². The Morgan fingerprint density at radius 2 is 1.73 bits per heavy atom. The molecule has 0 unspecified atom stereocenters. The van der Waals surface area contributed by atoms with Gasteiger partial charge in [0.25, 0.3) is 5.91 Å². The summed E-state index contributed by atoms with van der Waals surface area (Å²) in [5.41, 5.74) is 2.31. The number of carbonyl (C=O) groups excluding carboxylic acids is 1. The highest BCUT2D eigenvalue weighted by Crippen LogP contribution is 2.28. The number of halogens is 1. The van der Waals surface area contributed by atoms with Crippen LogP contribution in [0.1, 0.15) is 10.4 Å².